The summed E-state index contributed by atoms with van der Waals surface area (Å²) in [4.78, 5) is 2.43. The van der Waals surface area contributed by atoms with E-state index in [2.05, 4.69) is 10.00 Å². The third kappa shape index (κ3) is 2.95. The first-order chi connectivity index (χ1) is 8.11. The van der Waals surface area contributed by atoms with Crippen LogP contribution in [-0.4, -0.2) is 33.6 Å². The Labute approximate surface area is 113 Å². The summed E-state index contributed by atoms with van der Waals surface area (Å²) in [6, 6.07) is 0. The third-order valence-electron chi connectivity index (χ3n) is 3.46. The fourth-order valence-electron chi connectivity index (χ4n) is 2.48. The number of aryl methyl sites for hydroxylation is 2. The summed E-state index contributed by atoms with van der Waals surface area (Å²) < 4.78 is 1.89. The number of hydrogen-bond acceptors (Lipinski definition) is 2. The highest BCUT2D eigenvalue weighted by molar-refractivity contribution is 6.31. The second-order valence-electron chi connectivity index (χ2n) is 4.87. The molecule has 1 atom stereocenters. The molecule has 0 aromatic carbocycles. The normalized spacial score (nSPS) is 22.0. The van der Waals surface area contributed by atoms with Crippen molar-refractivity contribution in [3.05, 3.63) is 16.4 Å². The Morgan fingerprint density at radius 3 is 2.82 bits per heavy atom. The van der Waals surface area contributed by atoms with Crippen LogP contribution < -0.4 is 0 Å². The van der Waals surface area contributed by atoms with E-state index in [0.717, 1.165) is 41.9 Å². The Morgan fingerprint density at radius 2 is 2.24 bits per heavy atom. The molecule has 0 N–H and O–H groups in total. The Kier molecular flexibility index (Phi) is 4.34. The average molecular weight is 276 g/mol. The van der Waals surface area contributed by atoms with Crippen molar-refractivity contribution in [2.24, 2.45) is 13.0 Å². The second-order valence-corrected chi connectivity index (χ2v) is 5.55. The molecule has 5 heteroatoms. The maximum Gasteiger partial charge on any atom is 0.0860 e. The number of nitrogens with zero attached hydrogens (tertiary/aromatic N) is 3. The lowest BCUT2D eigenvalue weighted by molar-refractivity contribution is 0.174. The van der Waals surface area contributed by atoms with Crippen LogP contribution in [0.15, 0.2) is 0 Å². The average Bonchev–Trinajstić information content (AvgIpc) is 2.56. The molecule has 0 aliphatic carbocycles. The minimum absolute atomic E-state index is 0.624. The lowest BCUT2D eigenvalue weighted by Gasteiger charge is -2.31. The Bertz CT molecular complexity index is 389. The fourth-order valence-corrected chi connectivity index (χ4v) is 2.96. The molecule has 0 radical (unpaired) electrons. The van der Waals surface area contributed by atoms with Crippen molar-refractivity contribution in [2.45, 2.75) is 26.3 Å². The van der Waals surface area contributed by atoms with Gasteiger partial charge >= 0.3 is 0 Å². The van der Waals surface area contributed by atoms with E-state index >= 15 is 0 Å². The topological polar surface area (TPSA) is 21.1 Å². The molecule has 3 nitrogen and oxygen atoms in total. The van der Waals surface area contributed by atoms with Gasteiger partial charge in [-0.3, -0.25) is 9.58 Å². The third-order valence-corrected chi connectivity index (χ3v) is 4.38. The van der Waals surface area contributed by atoms with Gasteiger partial charge in [-0.2, -0.15) is 5.10 Å². The molecule has 96 valence electrons. The summed E-state index contributed by atoms with van der Waals surface area (Å²) in [7, 11) is 1.96. The van der Waals surface area contributed by atoms with Crippen molar-refractivity contribution in [3.63, 3.8) is 0 Å². The molecule has 1 aromatic rings. The SMILES string of the molecule is Cc1nn(C)c(CN2CCCC(CCl)C2)c1Cl. The Hall–Kier alpha value is -0.250. The zero-order chi connectivity index (χ0) is 12.4. The summed E-state index contributed by atoms with van der Waals surface area (Å²) in [6.07, 6.45) is 2.48. The largest absolute Gasteiger partial charge is 0.297 e. The predicted molar refractivity (Wildman–Crippen MR) is 71.7 cm³/mol. The molecule has 1 aromatic heterocycles. The minimum Gasteiger partial charge on any atom is -0.297 e. The first-order valence-electron chi connectivity index (χ1n) is 6.08. The van der Waals surface area contributed by atoms with Crippen LogP contribution in [0, 0.1) is 12.8 Å². The summed E-state index contributed by atoms with van der Waals surface area (Å²) in [6.45, 7) is 5.03. The van der Waals surface area contributed by atoms with E-state index in [-0.39, 0.29) is 0 Å². The van der Waals surface area contributed by atoms with Crippen LogP contribution in [0.4, 0.5) is 0 Å². The summed E-state index contributed by atoms with van der Waals surface area (Å²) in [5, 5.41) is 5.15. The van der Waals surface area contributed by atoms with Gasteiger partial charge in [-0.1, -0.05) is 11.6 Å². The Balaban J connectivity index is 2.05. The minimum atomic E-state index is 0.624. The molecule has 1 unspecified atom stereocenters. The predicted octanol–water partition coefficient (Wildman–Crippen LogP) is 2.83. The van der Waals surface area contributed by atoms with Gasteiger partial charge in [0, 0.05) is 26.0 Å². The zero-order valence-corrected chi connectivity index (χ0v) is 11.9. The van der Waals surface area contributed by atoms with Crippen LogP contribution in [0.3, 0.4) is 0 Å². The van der Waals surface area contributed by atoms with E-state index in [4.69, 9.17) is 23.2 Å². The standard InChI is InChI=1S/C12H19Cl2N3/c1-9-12(14)11(16(2)15-9)8-17-5-3-4-10(6-13)7-17/h10H,3-8H2,1-2H3. The van der Waals surface area contributed by atoms with Crippen LogP contribution in [0.5, 0.6) is 0 Å². The second kappa shape index (κ2) is 5.59. The van der Waals surface area contributed by atoms with Crippen LogP contribution in [0.25, 0.3) is 0 Å². The van der Waals surface area contributed by atoms with Crippen molar-refractivity contribution in [3.8, 4) is 0 Å². The monoisotopic (exact) mass is 275 g/mol. The van der Waals surface area contributed by atoms with Gasteiger partial charge in [-0.25, -0.2) is 0 Å². The molecule has 2 rings (SSSR count). The molecular formula is C12H19Cl2N3. The smallest absolute Gasteiger partial charge is 0.0860 e. The van der Waals surface area contributed by atoms with E-state index in [1.54, 1.807) is 0 Å². The highest BCUT2D eigenvalue weighted by Crippen LogP contribution is 2.24. The molecule has 0 spiro atoms. The van der Waals surface area contributed by atoms with Crippen molar-refractivity contribution >= 4 is 23.2 Å². The molecule has 0 saturated carbocycles. The molecule has 1 aliphatic heterocycles. The number of piperidine rings is 1. The van der Waals surface area contributed by atoms with E-state index in [1.807, 2.05) is 18.7 Å². The van der Waals surface area contributed by atoms with Crippen molar-refractivity contribution in [2.75, 3.05) is 19.0 Å². The lowest BCUT2D eigenvalue weighted by atomic mass is 10.00. The lowest BCUT2D eigenvalue weighted by Crippen LogP contribution is -2.36. The number of alkyl halides is 1. The van der Waals surface area contributed by atoms with Gasteiger partial charge in [-0.15, -0.1) is 11.6 Å². The molecule has 1 fully saturated rings. The van der Waals surface area contributed by atoms with Crippen LogP contribution in [0.2, 0.25) is 5.02 Å². The molecular weight excluding hydrogens is 257 g/mol. The van der Waals surface area contributed by atoms with Crippen LogP contribution in [0.1, 0.15) is 24.2 Å². The van der Waals surface area contributed by atoms with Gasteiger partial charge in [0.1, 0.15) is 0 Å². The van der Waals surface area contributed by atoms with Crippen molar-refractivity contribution in [1.82, 2.24) is 14.7 Å². The van der Waals surface area contributed by atoms with E-state index in [1.165, 1.54) is 12.8 Å². The van der Waals surface area contributed by atoms with E-state index in [0.29, 0.717) is 5.92 Å². The highest BCUT2D eigenvalue weighted by Gasteiger charge is 2.21. The van der Waals surface area contributed by atoms with Gasteiger partial charge in [0.15, 0.2) is 0 Å². The van der Waals surface area contributed by atoms with Gasteiger partial charge < -0.3 is 0 Å². The number of rotatable bonds is 3. The van der Waals surface area contributed by atoms with Crippen LogP contribution in [-0.2, 0) is 13.6 Å². The molecule has 1 saturated heterocycles. The summed E-state index contributed by atoms with van der Waals surface area (Å²) in [5.41, 5.74) is 2.02. The van der Waals surface area contributed by atoms with Crippen molar-refractivity contribution in [1.29, 1.82) is 0 Å². The van der Waals surface area contributed by atoms with Gasteiger partial charge in [0.2, 0.25) is 0 Å². The maximum atomic E-state index is 6.27. The maximum absolute atomic E-state index is 6.27. The first-order valence-corrected chi connectivity index (χ1v) is 6.99. The molecule has 0 bridgehead atoms. The quantitative estimate of drug-likeness (QED) is 0.791. The van der Waals surface area contributed by atoms with Crippen LogP contribution >= 0.6 is 23.2 Å². The van der Waals surface area contributed by atoms with E-state index < -0.39 is 0 Å². The molecule has 17 heavy (non-hydrogen) atoms. The van der Waals surface area contributed by atoms with Crippen molar-refractivity contribution < 1.29 is 0 Å². The van der Waals surface area contributed by atoms with Gasteiger partial charge in [0.05, 0.1) is 16.4 Å². The Morgan fingerprint density at radius 1 is 1.47 bits per heavy atom. The number of likely N-dealkylation sites (tertiary alicyclic amines) is 1. The molecule has 1 aliphatic rings. The number of hydrogen-bond donors (Lipinski definition) is 0. The molecule has 2 heterocycles. The van der Waals surface area contributed by atoms with Gasteiger partial charge in [0.25, 0.3) is 0 Å². The highest BCUT2D eigenvalue weighted by atomic mass is 35.5. The zero-order valence-electron chi connectivity index (χ0n) is 10.4. The first kappa shape index (κ1) is 13.2. The number of halogens is 2. The summed E-state index contributed by atoms with van der Waals surface area (Å²) >= 11 is 12.2. The number of aromatic nitrogens is 2. The summed E-state index contributed by atoms with van der Waals surface area (Å²) in [5.74, 6) is 1.38. The fraction of sp³-hybridized carbons (Fsp3) is 0.750. The molecule has 0 amide bonds. The van der Waals surface area contributed by atoms with Gasteiger partial charge in [-0.05, 0) is 32.2 Å². The van der Waals surface area contributed by atoms with E-state index in [9.17, 15) is 0 Å².